The van der Waals surface area contributed by atoms with Gasteiger partial charge in [0.2, 0.25) is 5.91 Å². The molecule has 0 saturated carbocycles. The van der Waals surface area contributed by atoms with Crippen molar-refractivity contribution in [2.75, 3.05) is 50.0 Å². The van der Waals surface area contributed by atoms with Crippen LogP contribution in [0.25, 0.3) is 10.2 Å². The first-order chi connectivity index (χ1) is 15.1. The van der Waals surface area contributed by atoms with Crippen molar-refractivity contribution in [3.8, 4) is 0 Å². The first-order valence-corrected chi connectivity index (χ1v) is 12.3. The summed E-state index contributed by atoms with van der Waals surface area (Å²) >= 11 is 9.33. The Morgan fingerprint density at radius 3 is 2.74 bits per heavy atom. The Kier molecular flexibility index (Phi) is 7.79. The molecule has 3 aromatic rings. The summed E-state index contributed by atoms with van der Waals surface area (Å²) in [7, 11) is 0. The summed E-state index contributed by atoms with van der Waals surface area (Å²) < 4.78 is 19.5. The predicted octanol–water partition coefficient (Wildman–Crippen LogP) is 4.94. The first-order valence-electron chi connectivity index (χ1n) is 10.1. The van der Waals surface area contributed by atoms with Gasteiger partial charge in [0.05, 0.1) is 22.9 Å². The molecule has 1 aliphatic rings. The molecule has 2 heterocycles. The summed E-state index contributed by atoms with van der Waals surface area (Å²) in [6.07, 6.45) is 0.370. The molecule has 31 heavy (non-hydrogen) atoms. The molecule has 4 rings (SSSR count). The van der Waals surface area contributed by atoms with E-state index in [0.29, 0.717) is 28.9 Å². The third-order valence-corrected chi connectivity index (χ3v) is 7.39. The summed E-state index contributed by atoms with van der Waals surface area (Å²) in [5, 5.41) is 1.26. The molecular weight excluding hydrogens is 457 g/mol. The number of para-hydroxylation sites is 1. The summed E-state index contributed by atoms with van der Waals surface area (Å²) in [4.78, 5) is 22.9. The second-order valence-corrected chi connectivity index (χ2v) is 9.72. The number of ether oxygens (including phenoxy) is 1. The van der Waals surface area contributed by atoms with E-state index in [0.717, 1.165) is 48.0 Å². The number of nitrogens with zero attached hydrogens (tertiary/aromatic N) is 3. The smallest absolute Gasteiger partial charge is 0.229 e. The molecule has 0 unspecified atom stereocenters. The van der Waals surface area contributed by atoms with Crippen LogP contribution in [0.3, 0.4) is 0 Å². The van der Waals surface area contributed by atoms with Crippen molar-refractivity contribution < 1.29 is 13.9 Å². The third kappa shape index (κ3) is 5.96. The van der Waals surface area contributed by atoms with Gasteiger partial charge in [0.15, 0.2) is 5.13 Å². The van der Waals surface area contributed by atoms with Gasteiger partial charge in [-0.3, -0.25) is 14.6 Å². The van der Waals surface area contributed by atoms with Crippen LogP contribution in [0.5, 0.6) is 0 Å². The number of carbonyl (C=O) groups is 1. The lowest BCUT2D eigenvalue weighted by atomic mass is 10.3. The van der Waals surface area contributed by atoms with Crippen LogP contribution in [0, 0.1) is 5.82 Å². The zero-order valence-corrected chi connectivity index (χ0v) is 19.3. The van der Waals surface area contributed by atoms with Crippen molar-refractivity contribution in [3.05, 3.63) is 53.3 Å². The topological polar surface area (TPSA) is 45.7 Å². The summed E-state index contributed by atoms with van der Waals surface area (Å²) in [5.41, 5.74) is 0.731. The lowest BCUT2D eigenvalue weighted by molar-refractivity contribution is -0.118. The third-order valence-electron chi connectivity index (χ3n) is 5.03. The van der Waals surface area contributed by atoms with Crippen LogP contribution in [0.4, 0.5) is 9.52 Å². The molecule has 1 aromatic heterocycles. The van der Waals surface area contributed by atoms with E-state index in [9.17, 15) is 9.18 Å². The van der Waals surface area contributed by atoms with Gasteiger partial charge in [0, 0.05) is 43.2 Å². The first kappa shape index (κ1) is 22.5. The molecule has 0 spiro atoms. The molecule has 9 heteroatoms. The highest BCUT2D eigenvalue weighted by molar-refractivity contribution is 7.99. The number of thiazole rings is 1. The fourth-order valence-electron chi connectivity index (χ4n) is 3.33. The van der Waals surface area contributed by atoms with Crippen molar-refractivity contribution in [1.29, 1.82) is 0 Å². The fourth-order valence-corrected chi connectivity index (χ4v) is 5.48. The van der Waals surface area contributed by atoms with Crippen molar-refractivity contribution in [3.63, 3.8) is 0 Å². The number of morpholine rings is 1. The number of amides is 1. The van der Waals surface area contributed by atoms with Crippen LogP contribution in [-0.2, 0) is 9.53 Å². The van der Waals surface area contributed by atoms with Gasteiger partial charge in [0.25, 0.3) is 0 Å². The van der Waals surface area contributed by atoms with Crippen LogP contribution in [0.15, 0.2) is 47.4 Å². The van der Waals surface area contributed by atoms with Gasteiger partial charge in [-0.2, -0.15) is 0 Å². The maximum atomic E-state index is 13.2. The van der Waals surface area contributed by atoms with Gasteiger partial charge in [-0.15, -0.1) is 11.8 Å². The molecule has 2 aromatic carbocycles. The van der Waals surface area contributed by atoms with Crippen molar-refractivity contribution >= 4 is 56.0 Å². The summed E-state index contributed by atoms with van der Waals surface area (Å²) in [5.74, 6) is 0.381. The van der Waals surface area contributed by atoms with Gasteiger partial charge in [-0.1, -0.05) is 29.0 Å². The van der Waals surface area contributed by atoms with Gasteiger partial charge < -0.3 is 4.74 Å². The minimum atomic E-state index is -0.260. The average Bonchev–Trinajstić information content (AvgIpc) is 3.21. The van der Waals surface area contributed by atoms with E-state index in [1.54, 1.807) is 28.8 Å². The molecule has 1 saturated heterocycles. The van der Waals surface area contributed by atoms with E-state index in [4.69, 9.17) is 16.3 Å². The maximum Gasteiger partial charge on any atom is 0.229 e. The molecular formula is C22H23ClFN3O2S2. The van der Waals surface area contributed by atoms with Crippen LogP contribution in [-0.4, -0.2) is 60.9 Å². The van der Waals surface area contributed by atoms with Gasteiger partial charge >= 0.3 is 0 Å². The van der Waals surface area contributed by atoms with E-state index in [2.05, 4.69) is 9.88 Å². The van der Waals surface area contributed by atoms with E-state index >= 15 is 0 Å². The second kappa shape index (κ2) is 10.7. The Labute approximate surface area is 194 Å². The lowest BCUT2D eigenvalue weighted by Crippen LogP contribution is -2.43. The molecule has 1 aliphatic heterocycles. The monoisotopic (exact) mass is 479 g/mol. The van der Waals surface area contributed by atoms with Gasteiger partial charge in [0.1, 0.15) is 11.3 Å². The summed E-state index contributed by atoms with van der Waals surface area (Å²) in [6.45, 7) is 4.52. The number of halogens is 2. The number of thioether (sulfide) groups is 1. The van der Waals surface area contributed by atoms with E-state index < -0.39 is 0 Å². The van der Waals surface area contributed by atoms with Crippen LogP contribution >= 0.6 is 34.7 Å². The second-order valence-electron chi connectivity index (χ2n) is 7.13. The van der Waals surface area contributed by atoms with E-state index in [1.165, 1.54) is 23.5 Å². The quantitative estimate of drug-likeness (QED) is 0.428. The Hall–Kier alpha value is -1.71. The maximum absolute atomic E-state index is 13.2. The Morgan fingerprint density at radius 2 is 2.00 bits per heavy atom. The van der Waals surface area contributed by atoms with E-state index in [-0.39, 0.29) is 11.7 Å². The van der Waals surface area contributed by atoms with Crippen molar-refractivity contribution in [2.24, 2.45) is 0 Å². The SMILES string of the molecule is O=C(CCSc1ccc(F)cc1)N(CCN1CCOCC1)c1nc2c(Cl)cccc2s1. The molecule has 164 valence electrons. The highest BCUT2D eigenvalue weighted by atomic mass is 35.5. The Morgan fingerprint density at radius 1 is 1.23 bits per heavy atom. The standard InChI is InChI=1S/C22H23ClFN3O2S2/c23-18-2-1-3-19-21(18)25-22(31-19)27(10-9-26-11-13-29-14-12-26)20(28)8-15-30-17-6-4-16(24)5-7-17/h1-7H,8-15H2. The molecule has 0 N–H and O–H groups in total. The number of fused-ring (bicyclic) bond motifs is 1. The predicted molar refractivity (Wildman–Crippen MR) is 126 cm³/mol. The number of carbonyl (C=O) groups excluding carboxylic acids is 1. The molecule has 5 nitrogen and oxygen atoms in total. The van der Waals surface area contributed by atoms with E-state index in [1.807, 2.05) is 18.2 Å². The zero-order valence-electron chi connectivity index (χ0n) is 16.9. The highest BCUT2D eigenvalue weighted by Crippen LogP contribution is 2.33. The largest absolute Gasteiger partial charge is 0.379 e. The lowest BCUT2D eigenvalue weighted by Gasteiger charge is -2.29. The van der Waals surface area contributed by atoms with Gasteiger partial charge in [-0.25, -0.2) is 9.37 Å². The number of hydrogen-bond acceptors (Lipinski definition) is 6. The Bertz CT molecular complexity index is 1030. The minimum Gasteiger partial charge on any atom is -0.379 e. The Balaban J connectivity index is 1.45. The number of anilines is 1. The van der Waals surface area contributed by atoms with Crippen molar-refractivity contribution in [1.82, 2.24) is 9.88 Å². The minimum absolute atomic E-state index is 0.0260. The highest BCUT2D eigenvalue weighted by Gasteiger charge is 2.22. The molecule has 0 bridgehead atoms. The summed E-state index contributed by atoms with van der Waals surface area (Å²) in [6, 6.07) is 12.0. The molecule has 0 aliphatic carbocycles. The number of rotatable bonds is 8. The average molecular weight is 480 g/mol. The number of aromatic nitrogens is 1. The number of benzene rings is 2. The normalized spacial score (nSPS) is 14.8. The number of hydrogen-bond donors (Lipinski definition) is 0. The molecule has 1 amide bonds. The van der Waals surface area contributed by atoms with Crippen LogP contribution in [0.2, 0.25) is 5.02 Å². The van der Waals surface area contributed by atoms with Crippen LogP contribution in [0.1, 0.15) is 6.42 Å². The van der Waals surface area contributed by atoms with Crippen LogP contribution < -0.4 is 4.90 Å². The molecule has 0 atom stereocenters. The zero-order chi connectivity index (χ0) is 21.6. The molecule has 0 radical (unpaired) electrons. The fraction of sp³-hybridized carbons (Fsp3) is 0.364. The van der Waals surface area contributed by atoms with Gasteiger partial charge in [-0.05, 0) is 36.4 Å². The van der Waals surface area contributed by atoms with Crippen molar-refractivity contribution in [2.45, 2.75) is 11.3 Å². The molecule has 1 fully saturated rings.